The van der Waals surface area contributed by atoms with Crippen LogP contribution in [0.2, 0.25) is 0 Å². The summed E-state index contributed by atoms with van der Waals surface area (Å²) in [6.45, 7) is 2.35. The Hall–Kier alpha value is -2.91. The minimum atomic E-state index is -4.87. The molecule has 0 unspecified atom stereocenters. The number of nitrogens with zero attached hydrogens (tertiary/aromatic N) is 3. The van der Waals surface area contributed by atoms with E-state index >= 15 is 0 Å². The fraction of sp³-hybridized carbons (Fsp3) is 0.600. The second-order valence-corrected chi connectivity index (χ2v) is 11.9. The molecule has 2 saturated heterocycles. The lowest BCUT2D eigenvalue weighted by molar-refractivity contribution is -0.137. The van der Waals surface area contributed by atoms with Crippen molar-refractivity contribution in [3.63, 3.8) is 0 Å². The molecule has 0 aromatic carbocycles. The molecule has 218 valence electrons. The number of aliphatic hydroxyl groups is 1. The Morgan fingerprint density at radius 3 is 2.52 bits per heavy atom. The Bertz CT molecular complexity index is 1310. The van der Waals surface area contributed by atoms with E-state index in [0.29, 0.717) is 11.3 Å². The number of carbonyl (C=O) groups is 2. The van der Waals surface area contributed by atoms with E-state index in [-0.39, 0.29) is 34.5 Å². The lowest BCUT2D eigenvalue weighted by Gasteiger charge is -2.39. The smallest absolute Gasteiger partial charge is 0.388 e. The first-order valence-corrected chi connectivity index (χ1v) is 13.6. The fourth-order valence-corrected chi connectivity index (χ4v) is 6.14. The van der Waals surface area contributed by atoms with Crippen molar-refractivity contribution in [1.82, 2.24) is 20.2 Å². The number of amides is 2. The molecule has 9 nitrogen and oxygen atoms in total. The number of aromatic nitrogens is 2. The van der Waals surface area contributed by atoms with Gasteiger partial charge in [-0.2, -0.15) is 13.2 Å². The van der Waals surface area contributed by atoms with Crippen LogP contribution in [-0.4, -0.2) is 81.2 Å². The zero-order chi connectivity index (χ0) is 29.0. The van der Waals surface area contributed by atoms with Crippen molar-refractivity contribution in [1.29, 1.82) is 0 Å². The first-order chi connectivity index (χ1) is 18.7. The van der Waals surface area contributed by atoms with Crippen LogP contribution in [0.4, 0.5) is 27.8 Å². The van der Waals surface area contributed by atoms with Gasteiger partial charge in [-0.25, -0.2) is 18.7 Å². The lowest BCUT2D eigenvalue weighted by atomic mass is 9.78. The number of hydrogen-bond donors (Lipinski definition) is 3. The molecule has 2 aromatic heterocycles. The van der Waals surface area contributed by atoms with Crippen LogP contribution in [0.25, 0.3) is 10.4 Å². The summed E-state index contributed by atoms with van der Waals surface area (Å²) in [6.07, 6.45) is -3.07. The van der Waals surface area contributed by atoms with Gasteiger partial charge in [-0.05, 0) is 39.2 Å². The summed E-state index contributed by atoms with van der Waals surface area (Å²) >= 11 is 0.517. The summed E-state index contributed by atoms with van der Waals surface area (Å²) in [5.74, 6) is -5.04. The third-order valence-electron chi connectivity index (χ3n) is 7.52. The first kappa shape index (κ1) is 28.6. The van der Waals surface area contributed by atoms with Crippen molar-refractivity contribution >= 4 is 29.0 Å². The molecule has 4 heterocycles. The highest BCUT2D eigenvalue weighted by Gasteiger charge is 2.47. The monoisotopic (exact) mass is 589 g/mol. The maximum atomic E-state index is 14.3. The van der Waals surface area contributed by atoms with Crippen LogP contribution >= 0.6 is 11.3 Å². The normalized spacial score (nSPS) is 25.5. The summed E-state index contributed by atoms with van der Waals surface area (Å²) in [6, 6.07) is -0.858. The number of nitrogens with one attached hydrogen (secondary N) is 2. The molecule has 40 heavy (non-hydrogen) atoms. The van der Waals surface area contributed by atoms with E-state index in [2.05, 4.69) is 20.6 Å². The van der Waals surface area contributed by atoms with Crippen molar-refractivity contribution in [2.45, 2.75) is 75.4 Å². The van der Waals surface area contributed by atoms with Crippen molar-refractivity contribution < 1.29 is 41.4 Å². The molecule has 2 amide bonds. The van der Waals surface area contributed by atoms with Gasteiger partial charge < -0.3 is 25.4 Å². The van der Waals surface area contributed by atoms with Crippen LogP contribution in [0.1, 0.15) is 65.4 Å². The van der Waals surface area contributed by atoms with Crippen LogP contribution in [-0.2, 0) is 10.9 Å². The standard InChI is InChI=1S/C25H28F5N5O4S/c1-12-7-24(26,27)11-35(12)22(38)18-19(40-21(33-18)20(37)32-15-9-39-10-16(15)36)13-8-31-17(6-14(13)25(28,29)30)34-23(2)4-3-5-23/h6,8,12,15-16,36H,3-5,7,9-11H2,1-2H3,(H,31,34)(H,32,37)/t12-,15-,16-/m0/s1. The van der Waals surface area contributed by atoms with E-state index in [1.54, 1.807) is 0 Å². The van der Waals surface area contributed by atoms with Crippen molar-refractivity contribution in [2.75, 3.05) is 25.1 Å². The maximum Gasteiger partial charge on any atom is 0.417 e. The van der Waals surface area contributed by atoms with Gasteiger partial charge in [-0.1, -0.05) is 0 Å². The van der Waals surface area contributed by atoms with E-state index in [1.807, 2.05) is 6.92 Å². The van der Waals surface area contributed by atoms with E-state index in [4.69, 9.17) is 4.74 Å². The maximum absolute atomic E-state index is 14.3. The topological polar surface area (TPSA) is 117 Å². The number of pyridine rings is 1. The highest BCUT2D eigenvalue weighted by Crippen LogP contribution is 2.43. The highest BCUT2D eigenvalue weighted by atomic mass is 32.1. The van der Waals surface area contributed by atoms with Gasteiger partial charge in [0.05, 0.1) is 42.3 Å². The molecular weight excluding hydrogens is 561 g/mol. The van der Waals surface area contributed by atoms with Crippen molar-refractivity contribution in [3.05, 3.63) is 28.5 Å². The molecule has 2 aliphatic heterocycles. The summed E-state index contributed by atoms with van der Waals surface area (Å²) in [4.78, 5) is 35.2. The van der Waals surface area contributed by atoms with Gasteiger partial charge in [0, 0.05) is 29.8 Å². The second kappa shape index (κ2) is 10.2. The van der Waals surface area contributed by atoms with E-state index in [0.717, 1.165) is 36.4 Å². The number of halogens is 5. The molecule has 3 fully saturated rings. The van der Waals surface area contributed by atoms with Crippen LogP contribution in [0.15, 0.2) is 12.3 Å². The second-order valence-electron chi connectivity index (χ2n) is 10.9. The molecule has 5 rings (SSSR count). The van der Waals surface area contributed by atoms with Crippen LogP contribution < -0.4 is 10.6 Å². The molecule has 2 aromatic rings. The van der Waals surface area contributed by atoms with Crippen molar-refractivity contribution in [2.24, 2.45) is 0 Å². The summed E-state index contributed by atoms with van der Waals surface area (Å²) in [7, 11) is 0. The number of carbonyl (C=O) groups excluding carboxylic acids is 2. The Morgan fingerprint density at radius 2 is 1.98 bits per heavy atom. The number of ether oxygens (including phenoxy) is 1. The predicted octanol–water partition coefficient (Wildman–Crippen LogP) is 3.94. The average molecular weight is 590 g/mol. The molecule has 0 radical (unpaired) electrons. The largest absolute Gasteiger partial charge is 0.417 e. The number of aliphatic hydroxyl groups excluding tert-OH is 1. The number of rotatable bonds is 6. The Kier molecular flexibility index (Phi) is 7.28. The molecule has 3 N–H and O–H groups in total. The van der Waals surface area contributed by atoms with E-state index < -0.39 is 71.9 Å². The SMILES string of the molecule is C[C@H]1CC(F)(F)CN1C(=O)c1nc(C(=O)N[C@H]2COC[C@@H]2O)sc1-c1cnc(NC2(C)CCC2)cc1C(F)(F)F. The molecule has 0 bridgehead atoms. The summed E-state index contributed by atoms with van der Waals surface area (Å²) in [5, 5.41) is 15.1. The molecule has 15 heteroatoms. The minimum Gasteiger partial charge on any atom is -0.388 e. The van der Waals surface area contributed by atoms with Crippen molar-refractivity contribution in [3.8, 4) is 10.4 Å². The fourth-order valence-electron chi connectivity index (χ4n) is 5.16. The molecule has 3 aliphatic rings. The summed E-state index contributed by atoms with van der Waals surface area (Å²) < 4.78 is 76.3. The van der Waals surface area contributed by atoms with Gasteiger partial charge in [0.1, 0.15) is 11.5 Å². The molecular formula is C25H28F5N5O4S. The van der Waals surface area contributed by atoms with Gasteiger partial charge in [0.2, 0.25) is 0 Å². The van der Waals surface area contributed by atoms with Crippen LogP contribution in [0.3, 0.4) is 0 Å². The first-order valence-electron chi connectivity index (χ1n) is 12.8. The highest BCUT2D eigenvalue weighted by molar-refractivity contribution is 7.17. The Balaban J connectivity index is 1.57. The third kappa shape index (κ3) is 5.63. The molecule has 1 saturated carbocycles. The predicted molar refractivity (Wildman–Crippen MR) is 134 cm³/mol. The number of anilines is 1. The average Bonchev–Trinajstić information content (AvgIpc) is 3.53. The van der Waals surface area contributed by atoms with Crippen LogP contribution in [0, 0.1) is 0 Å². The van der Waals surface area contributed by atoms with Gasteiger partial charge in [-0.15, -0.1) is 11.3 Å². The summed E-state index contributed by atoms with van der Waals surface area (Å²) in [5.41, 5.74) is -2.56. The number of hydrogen-bond acceptors (Lipinski definition) is 8. The molecule has 0 spiro atoms. The number of alkyl halides is 5. The van der Waals surface area contributed by atoms with Gasteiger partial charge in [-0.3, -0.25) is 9.59 Å². The Morgan fingerprint density at radius 1 is 1.25 bits per heavy atom. The number of thiazole rings is 1. The molecule has 3 atom stereocenters. The number of likely N-dealkylation sites (tertiary alicyclic amines) is 1. The lowest BCUT2D eigenvalue weighted by Crippen LogP contribution is -2.42. The Labute approximate surface area is 230 Å². The quantitative estimate of drug-likeness (QED) is 0.437. The van der Waals surface area contributed by atoms with E-state index in [9.17, 15) is 36.6 Å². The minimum absolute atomic E-state index is 0.00309. The third-order valence-corrected chi connectivity index (χ3v) is 8.61. The molecule has 1 aliphatic carbocycles. The van der Waals surface area contributed by atoms with Gasteiger partial charge >= 0.3 is 6.18 Å². The van der Waals surface area contributed by atoms with Gasteiger partial charge in [0.15, 0.2) is 5.01 Å². The van der Waals surface area contributed by atoms with Crippen LogP contribution in [0.5, 0.6) is 0 Å². The van der Waals surface area contributed by atoms with Gasteiger partial charge in [0.25, 0.3) is 17.7 Å². The van der Waals surface area contributed by atoms with E-state index in [1.165, 1.54) is 6.92 Å². The zero-order valence-electron chi connectivity index (χ0n) is 21.6. The zero-order valence-corrected chi connectivity index (χ0v) is 22.5.